The number of thioether (sulfide) groups is 1. The molecule has 24 heavy (non-hydrogen) atoms. The van der Waals surface area contributed by atoms with E-state index in [2.05, 4.69) is 4.98 Å². The number of likely N-dealkylation sites (tertiary alicyclic amines) is 1. The average molecular weight is 364 g/mol. The summed E-state index contributed by atoms with van der Waals surface area (Å²) < 4.78 is 6.33. The average Bonchev–Trinajstić information content (AvgIpc) is 2.81. The number of carbonyl (C=O) groups is 2. The van der Waals surface area contributed by atoms with E-state index in [9.17, 15) is 9.59 Å². The van der Waals surface area contributed by atoms with Gasteiger partial charge in [0.05, 0.1) is 15.7 Å². The molecule has 0 N–H and O–H groups in total. The third-order valence-corrected chi connectivity index (χ3v) is 6.00. The maximum atomic E-state index is 12.9. The summed E-state index contributed by atoms with van der Waals surface area (Å²) in [7, 11) is 0. The van der Waals surface area contributed by atoms with Gasteiger partial charge in [-0.25, -0.2) is 9.78 Å². The van der Waals surface area contributed by atoms with Crippen molar-refractivity contribution in [2.45, 2.75) is 30.6 Å². The van der Waals surface area contributed by atoms with Crippen molar-refractivity contribution in [3.63, 3.8) is 0 Å². The molecule has 0 spiro atoms. The molecule has 5 nitrogen and oxygen atoms in total. The van der Waals surface area contributed by atoms with Crippen LogP contribution in [0.1, 0.15) is 31.1 Å². The fourth-order valence-electron chi connectivity index (χ4n) is 2.61. The van der Waals surface area contributed by atoms with E-state index in [0.717, 1.165) is 20.0 Å². The van der Waals surface area contributed by atoms with Crippen molar-refractivity contribution in [3.8, 4) is 0 Å². The first-order chi connectivity index (χ1) is 11.3. The second-order valence-corrected chi connectivity index (χ2v) is 8.85. The van der Waals surface area contributed by atoms with Crippen molar-refractivity contribution >= 4 is 45.2 Å². The Morgan fingerprint density at radius 3 is 2.71 bits per heavy atom. The molecule has 7 heteroatoms. The number of ether oxygens (including phenoxy) is 1. The van der Waals surface area contributed by atoms with Crippen LogP contribution in [0.15, 0.2) is 22.5 Å². The number of nitrogens with zero attached hydrogens (tertiary/aromatic N) is 2. The molecule has 2 aromatic heterocycles. The molecule has 1 aliphatic heterocycles. The second-order valence-electron chi connectivity index (χ2n) is 6.77. The van der Waals surface area contributed by atoms with Gasteiger partial charge in [-0.2, -0.15) is 0 Å². The number of thiophene rings is 1. The van der Waals surface area contributed by atoms with Gasteiger partial charge in [0.1, 0.15) is 10.4 Å². The third kappa shape index (κ3) is 3.28. The van der Waals surface area contributed by atoms with Crippen LogP contribution in [0.25, 0.3) is 10.2 Å². The van der Waals surface area contributed by atoms with E-state index in [1.807, 2.05) is 39.2 Å². The standard InChI is InChI=1S/C17H20N2O3S2/c1-17(2,3)22-16(21)19-8-10(9-19)13(20)12-11-6-5-7-18-14(11)24-15(12)23-4/h5-7,10H,8-9H2,1-4H3. The normalized spacial score (nSPS) is 15.4. The van der Waals surface area contributed by atoms with Crippen LogP contribution >= 0.6 is 23.1 Å². The van der Waals surface area contributed by atoms with Crippen LogP contribution in [-0.2, 0) is 4.74 Å². The predicted octanol–water partition coefficient (Wildman–Crippen LogP) is 4.07. The molecule has 0 atom stereocenters. The number of pyridine rings is 1. The molecule has 0 aromatic carbocycles. The number of rotatable bonds is 3. The fourth-order valence-corrected chi connectivity index (χ4v) is 4.48. The fraction of sp³-hybridized carbons (Fsp3) is 0.471. The molecule has 0 saturated carbocycles. The first-order valence-corrected chi connectivity index (χ1v) is 9.78. The van der Waals surface area contributed by atoms with Crippen LogP contribution in [0.4, 0.5) is 4.79 Å². The minimum Gasteiger partial charge on any atom is -0.444 e. The Hall–Kier alpha value is -1.60. The highest BCUT2D eigenvalue weighted by Crippen LogP contribution is 2.38. The van der Waals surface area contributed by atoms with Gasteiger partial charge < -0.3 is 9.64 Å². The van der Waals surface area contributed by atoms with Crippen LogP contribution in [0.2, 0.25) is 0 Å². The zero-order valence-corrected chi connectivity index (χ0v) is 15.8. The number of Topliss-reactive ketones (excluding diaryl/α,β-unsaturated/α-hetero) is 1. The number of ketones is 1. The highest BCUT2D eigenvalue weighted by molar-refractivity contribution is 8.00. The van der Waals surface area contributed by atoms with Crippen molar-refractivity contribution in [1.29, 1.82) is 0 Å². The molecule has 0 bridgehead atoms. The molecule has 0 aliphatic carbocycles. The number of fused-ring (bicyclic) bond motifs is 1. The molecular formula is C17H20N2O3S2. The van der Waals surface area contributed by atoms with E-state index in [1.165, 1.54) is 0 Å². The molecular weight excluding hydrogens is 344 g/mol. The largest absolute Gasteiger partial charge is 0.444 e. The van der Waals surface area contributed by atoms with Crippen LogP contribution in [-0.4, -0.2) is 46.7 Å². The van der Waals surface area contributed by atoms with Gasteiger partial charge in [0.15, 0.2) is 5.78 Å². The van der Waals surface area contributed by atoms with E-state index in [-0.39, 0.29) is 17.8 Å². The lowest BCUT2D eigenvalue weighted by molar-refractivity contribution is 0.00148. The van der Waals surface area contributed by atoms with Gasteiger partial charge >= 0.3 is 6.09 Å². The lowest BCUT2D eigenvalue weighted by atomic mass is 9.91. The molecule has 3 heterocycles. The molecule has 1 saturated heterocycles. The first kappa shape index (κ1) is 17.2. The number of carbonyl (C=O) groups excluding carboxylic acids is 2. The topological polar surface area (TPSA) is 59.5 Å². The Morgan fingerprint density at radius 2 is 2.08 bits per heavy atom. The summed E-state index contributed by atoms with van der Waals surface area (Å²) in [6.45, 7) is 6.34. The summed E-state index contributed by atoms with van der Waals surface area (Å²) in [5.74, 6) is -0.0696. The van der Waals surface area contributed by atoms with Crippen molar-refractivity contribution in [2.75, 3.05) is 19.3 Å². The SMILES string of the molecule is CSc1sc2ncccc2c1C(=O)C1CN(C(=O)OC(C)(C)C)C1. The molecule has 2 aromatic rings. The van der Waals surface area contributed by atoms with Crippen LogP contribution in [0, 0.1) is 5.92 Å². The zero-order valence-electron chi connectivity index (χ0n) is 14.2. The van der Waals surface area contributed by atoms with Crippen molar-refractivity contribution in [2.24, 2.45) is 5.92 Å². The highest BCUT2D eigenvalue weighted by atomic mass is 32.2. The number of hydrogen-bond acceptors (Lipinski definition) is 6. The summed E-state index contributed by atoms with van der Waals surface area (Å²) in [6.07, 6.45) is 3.36. The summed E-state index contributed by atoms with van der Waals surface area (Å²) in [6, 6.07) is 3.79. The molecule has 0 radical (unpaired) electrons. The van der Waals surface area contributed by atoms with Crippen molar-refractivity contribution < 1.29 is 14.3 Å². The summed E-state index contributed by atoms with van der Waals surface area (Å²) in [5.41, 5.74) is 0.234. The molecule has 128 valence electrons. The van der Waals surface area contributed by atoms with Gasteiger partial charge in [0.25, 0.3) is 0 Å². The predicted molar refractivity (Wildman–Crippen MR) is 97.0 cm³/mol. The lowest BCUT2D eigenvalue weighted by Gasteiger charge is -2.38. The lowest BCUT2D eigenvalue weighted by Crippen LogP contribution is -2.54. The van der Waals surface area contributed by atoms with Gasteiger partial charge in [-0.3, -0.25) is 4.79 Å². The zero-order chi connectivity index (χ0) is 17.5. The Kier molecular flexibility index (Phi) is 4.57. The molecule has 3 rings (SSSR count). The Balaban J connectivity index is 1.75. The molecule has 0 unspecified atom stereocenters. The van der Waals surface area contributed by atoms with Crippen molar-refractivity contribution in [1.82, 2.24) is 9.88 Å². The molecule has 1 amide bonds. The summed E-state index contributed by atoms with van der Waals surface area (Å²) >= 11 is 3.11. The van der Waals surface area contributed by atoms with Gasteiger partial charge in [-0.05, 0) is 39.2 Å². The Labute approximate surface area is 149 Å². The molecule has 1 fully saturated rings. The number of aromatic nitrogens is 1. The third-order valence-electron chi connectivity index (χ3n) is 3.77. The number of amides is 1. The van der Waals surface area contributed by atoms with Crippen LogP contribution in [0.5, 0.6) is 0 Å². The minimum absolute atomic E-state index is 0.0957. The van der Waals surface area contributed by atoms with Gasteiger partial charge in [0.2, 0.25) is 0 Å². The van der Waals surface area contributed by atoms with E-state index >= 15 is 0 Å². The van der Waals surface area contributed by atoms with E-state index in [1.54, 1.807) is 34.2 Å². The second kappa shape index (κ2) is 6.37. The van der Waals surface area contributed by atoms with Crippen molar-refractivity contribution in [3.05, 3.63) is 23.9 Å². The summed E-state index contributed by atoms with van der Waals surface area (Å²) in [5, 5.41) is 0.910. The molecule has 1 aliphatic rings. The van der Waals surface area contributed by atoms with Crippen LogP contribution in [0.3, 0.4) is 0 Å². The van der Waals surface area contributed by atoms with E-state index in [4.69, 9.17) is 4.74 Å². The Bertz CT molecular complexity index is 789. The Morgan fingerprint density at radius 1 is 1.38 bits per heavy atom. The highest BCUT2D eigenvalue weighted by Gasteiger charge is 2.39. The monoisotopic (exact) mass is 364 g/mol. The summed E-state index contributed by atoms with van der Waals surface area (Å²) in [4.78, 5) is 31.7. The van der Waals surface area contributed by atoms with E-state index in [0.29, 0.717) is 13.1 Å². The first-order valence-electron chi connectivity index (χ1n) is 7.74. The quantitative estimate of drug-likeness (QED) is 0.607. The smallest absolute Gasteiger partial charge is 0.410 e. The van der Waals surface area contributed by atoms with E-state index < -0.39 is 5.60 Å². The maximum absolute atomic E-state index is 12.9. The van der Waals surface area contributed by atoms with Gasteiger partial charge in [-0.15, -0.1) is 23.1 Å². The van der Waals surface area contributed by atoms with Crippen LogP contribution < -0.4 is 0 Å². The van der Waals surface area contributed by atoms with Gasteiger partial charge in [-0.1, -0.05) is 0 Å². The maximum Gasteiger partial charge on any atom is 0.410 e. The van der Waals surface area contributed by atoms with Gasteiger partial charge in [0, 0.05) is 24.7 Å². The minimum atomic E-state index is -0.520. The number of hydrogen-bond donors (Lipinski definition) is 0.